The monoisotopic (exact) mass is 286 g/mol. The van der Waals surface area contributed by atoms with E-state index in [2.05, 4.69) is 85.6 Å². The Bertz CT molecular complexity index is 772. The van der Waals surface area contributed by atoms with Gasteiger partial charge in [-0.25, -0.2) is 0 Å². The summed E-state index contributed by atoms with van der Waals surface area (Å²) in [4.78, 5) is 0. The minimum Gasteiger partial charge on any atom is -0.122 e. The van der Waals surface area contributed by atoms with Crippen LogP contribution in [-0.4, -0.2) is 8.07 Å². The van der Waals surface area contributed by atoms with E-state index in [1.54, 1.807) is 0 Å². The summed E-state index contributed by atoms with van der Waals surface area (Å²) in [5.41, 5.74) is 9.86. The molecule has 0 saturated heterocycles. The van der Waals surface area contributed by atoms with Crippen LogP contribution in [0, 0.1) is 0 Å². The molecule has 4 rings (SSSR count). The van der Waals surface area contributed by atoms with Gasteiger partial charge in [0.1, 0.15) is 8.07 Å². The Labute approximate surface area is 127 Å². The number of hydrogen-bond donors (Lipinski definition) is 0. The minimum absolute atomic E-state index is 0.531. The first-order valence-electron chi connectivity index (χ1n) is 7.51. The quantitative estimate of drug-likeness (QED) is 0.523. The van der Waals surface area contributed by atoms with Crippen molar-refractivity contribution in [3.63, 3.8) is 0 Å². The average Bonchev–Trinajstić information content (AvgIpc) is 3.14. The molecule has 0 radical (unpaired) electrons. The summed E-state index contributed by atoms with van der Waals surface area (Å²) in [6.45, 7) is 4.95. The maximum absolute atomic E-state index is 3.48. The molecule has 2 aliphatic carbocycles. The van der Waals surface area contributed by atoms with Gasteiger partial charge < -0.3 is 0 Å². The van der Waals surface area contributed by atoms with Gasteiger partial charge in [-0.3, -0.25) is 0 Å². The van der Waals surface area contributed by atoms with E-state index in [-0.39, 0.29) is 0 Å². The molecule has 0 heterocycles. The predicted molar refractivity (Wildman–Crippen MR) is 91.9 cm³/mol. The van der Waals surface area contributed by atoms with Crippen LogP contribution in [0.4, 0.5) is 0 Å². The van der Waals surface area contributed by atoms with E-state index in [4.69, 9.17) is 0 Å². The predicted octanol–water partition coefficient (Wildman–Crippen LogP) is 5.24. The molecule has 2 aromatic rings. The number of benzene rings is 2. The number of hydrogen-bond acceptors (Lipinski definition) is 0. The van der Waals surface area contributed by atoms with Crippen LogP contribution in [0.3, 0.4) is 0 Å². The molecule has 102 valence electrons. The van der Waals surface area contributed by atoms with Crippen molar-refractivity contribution < 1.29 is 0 Å². The lowest BCUT2D eigenvalue weighted by Crippen LogP contribution is -2.36. The van der Waals surface area contributed by atoms with Crippen molar-refractivity contribution in [2.24, 2.45) is 0 Å². The van der Waals surface area contributed by atoms with Crippen LogP contribution in [0.2, 0.25) is 13.1 Å². The highest BCUT2D eigenvalue weighted by molar-refractivity contribution is 6.87. The minimum atomic E-state index is -1.65. The SMILES string of the molecule is C[Si](C)(C1=C=CC=C1)C1c2ccccc2-c2ccccc21. The smallest absolute Gasteiger partial charge is 0.103 e. The third kappa shape index (κ3) is 1.75. The maximum atomic E-state index is 3.48. The van der Waals surface area contributed by atoms with Crippen molar-refractivity contribution in [1.29, 1.82) is 0 Å². The molecule has 21 heavy (non-hydrogen) atoms. The fraction of sp³-hybridized carbons (Fsp3) is 0.150. The lowest BCUT2D eigenvalue weighted by molar-refractivity contribution is 1.13. The Balaban J connectivity index is 1.97. The van der Waals surface area contributed by atoms with E-state index in [9.17, 15) is 0 Å². The summed E-state index contributed by atoms with van der Waals surface area (Å²) in [5.74, 6) is 0. The van der Waals surface area contributed by atoms with Gasteiger partial charge in [0.15, 0.2) is 0 Å². The van der Waals surface area contributed by atoms with Crippen LogP contribution < -0.4 is 0 Å². The summed E-state index contributed by atoms with van der Waals surface area (Å²) in [6.07, 6.45) is 6.43. The Hall–Kier alpha value is -2.08. The van der Waals surface area contributed by atoms with Gasteiger partial charge in [-0.05, 0) is 33.5 Å². The molecule has 0 aliphatic heterocycles. The molecular formula is C20H18Si. The lowest BCUT2D eigenvalue weighted by Gasteiger charge is -2.31. The lowest BCUT2D eigenvalue weighted by atomic mass is 10.1. The number of rotatable bonds is 2. The van der Waals surface area contributed by atoms with E-state index in [1.807, 2.05) is 0 Å². The van der Waals surface area contributed by atoms with Crippen LogP contribution in [0.5, 0.6) is 0 Å². The Morgan fingerprint density at radius 3 is 1.95 bits per heavy atom. The van der Waals surface area contributed by atoms with Crippen LogP contribution in [0.1, 0.15) is 16.7 Å². The fourth-order valence-electron chi connectivity index (χ4n) is 3.82. The summed E-state index contributed by atoms with van der Waals surface area (Å²) < 4.78 is 0. The van der Waals surface area contributed by atoms with Crippen molar-refractivity contribution in [3.8, 4) is 11.1 Å². The molecule has 0 atom stereocenters. The first-order chi connectivity index (χ1) is 10.2. The molecule has 0 nitrogen and oxygen atoms in total. The molecule has 0 bridgehead atoms. The van der Waals surface area contributed by atoms with Gasteiger partial charge in [0.2, 0.25) is 0 Å². The number of allylic oxidation sites excluding steroid dienone is 3. The summed E-state index contributed by atoms with van der Waals surface area (Å²) in [7, 11) is -1.65. The Kier molecular flexibility index (Phi) is 2.68. The highest BCUT2D eigenvalue weighted by atomic mass is 28.3. The molecule has 2 aliphatic rings. The third-order valence-corrected chi connectivity index (χ3v) is 8.61. The van der Waals surface area contributed by atoms with Crippen LogP contribution in [0.25, 0.3) is 11.1 Å². The van der Waals surface area contributed by atoms with Crippen molar-refractivity contribution in [3.05, 3.63) is 88.8 Å². The first-order valence-corrected chi connectivity index (χ1v) is 10.6. The topological polar surface area (TPSA) is 0 Å². The van der Waals surface area contributed by atoms with Crippen molar-refractivity contribution in [2.75, 3.05) is 0 Å². The molecule has 0 N–H and O–H groups in total. The van der Waals surface area contributed by atoms with Crippen LogP contribution in [0.15, 0.2) is 77.7 Å². The Morgan fingerprint density at radius 1 is 0.857 bits per heavy atom. The second kappa shape index (κ2) is 4.46. The molecule has 0 aromatic heterocycles. The van der Waals surface area contributed by atoms with Crippen molar-refractivity contribution in [1.82, 2.24) is 0 Å². The zero-order valence-corrected chi connectivity index (χ0v) is 13.4. The molecule has 0 saturated carbocycles. The van der Waals surface area contributed by atoms with Gasteiger partial charge in [-0.2, -0.15) is 0 Å². The molecule has 2 aromatic carbocycles. The van der Waals surface area contributed by atoms with Gasteiger partial charge in [-0.15, -0.1) is 5.73 Å². The highest BCUT2D eigenvalue weighted by Crippen LogP contribution is 2.50. The summed E-state index contributed by atoms with van der Waals surface area (Å²) in [5, 5.41) is 1.43. The van der Waals surface area contributed by atoms with Crippen LogP contribution >= 0.6 is 0 Å². The fourth-order valence-corrected chi connectivity index (χ4v) is 7.17. The molecule has 0 spiro atoms. The van der Waals surface area contributed by atoms with E-state index in [0.29, 0.717) is 5.54 Å². The highest BCUT2D eigenvalue weighted by Gasteiger charge is 2.42. The van der Waals surface area contributed by atoms with Gasteiger partial charge in [0, 0.05) is 5.54 Å². The summed E-state index contributed by atoms with van der Waals surface area (Å²) >= 11 is 0. The molecule has 0 amide bonds. The second-order valence-corrected chi connectivity index (χ2v) is 11.0. The van der Waals surface area contributed by atoms with E-state index in [1.165, 1.54) is 27.5 Å². The first kappa shape index (κ1) is 12.6. The maximum Gasteiger partial charge on any atom is 0.103 e. The second-order valence-electron chi connectivity index (χ2n) is 6.41. The molecule has 0 unspecified atom stereocenters. The van der Waals surface area contributed by atoms with Gasteiger partial charge in [0.25, 0.3) is 0 Å². The van der Waals surface area contributed by atoms with E-state index < -0.39 is 8.07 Å². The van der Waals surface area contributed by atoms with Crippen LogP contribution in [-0.2, 0) is 0 Å². The molecular weight excluding hydrogens is 268 g/mol. The third-order valence-electron chi connectivity index (χ3n) is 4.85. The van der Waals surface area contributed by atoms with Gasteiger partial charge >= 0.3 is 0 Å². The largest absolute Gasteiger partial charge is 0.122 e. The summed E-state index contributed by atoms with van der Waals surface area (Å²) in [6, 6.07) is 17.8. The van der Waals surface area contributed by atoms with E-state index >= 15 is 0 Å². The normalized spacial score (nSPS) is 16.0. The van der Waals surface area contributed by atoms with Crippen molar-refractivity contribution in [2.45, 2.75) is 18.6 Å². The number of fused-ring (bicyclic) bond motifs is 3. The standard InChI is InChI=1S/C20H18Si/c1-21(2,15-9-3-4-10-15)20-18-13-7-5-11-16(18)17-12-6-8-14-19(17)20/h3-9,11-14,20H,1-2H3. The van der Waals surface area contributed by atoms with E-state index in [0.717, 1.165) is 0 Å². The van der Waals surface area contributed by atoms with Crippen molar-refractivity contribution >= 4 is 8.07 Å². The van der Waals surface area contributed by atoms with Gasteiger partial charge in [-0.1, -0.05) is 73.8 Å². The zero-order valence-electron chi connectivity index (χ0n) is 12.4. The zero-order chi connectivity index (χ0) is 14.4. The molecule has 1 heteroatoms. The molecule has 0 fully saturated rings. The Morgan fingerprint density at radius 2 is 1.43 bits per heavy atom. The van der Waals surface area contributed by atoms with Gasteiger partial charge in [0.05, 0.1) is 0 Å². The average molecular weight is 286 g/mol.